The molecule has 14 heavy (non-hydrogen) atoms. The summed E-state index contributed by atoms with van der Waals surface area (Å²) in [6, 6.07) is 5.82. The van der Waals surface area contributed by atoms with Gasteiger partial charge in [0.25, 0.3) is 0 Å². The summed E-state index contributed by atoms with van der Waals surface area (Å²) in [4.78, 5) is 0. The quantitative estimate of drug-likeness (QED) is 0.776. The van der Waals surface area contributed by atoms with Gasteiger partial charge in [-0.3, -0.25) is 0 Å². The molecule has 0 aliphatic heterocycles. The third-order valence-corrected chi connectivity index (χ3v) is 2.46. The van der Waals surface area contributed by atoms with E-state index >= 15 is 0 Å². The Labute approximate surface area is 83.6 Å². The fraction of sp³-hybridized carbons (Fsp3) is 0.455. The number of halogens is 1. The average molecular weight is 197 g/mol. The molecule has 0 amide bonds. The van der Waals surface area contributed by atoms with Crippen molar-refractivity contribution in [3.05, 3.63) is 35.6 Å². The molecule has 0 radical (unpaired) electrons. The summed E-state index contributed by atoms with van der Waals surface area (Å²) in [6.07, 6.45) is 0. The zero-order chi connectivity index (χ0) is 10.8. The molecular formula is C11H16FNO. The van der Waals surface area contributed by atoms with Crippen molar-refractivity contribution < 1.29 is 9.50 Å². The van der Waals surface area contributed by atoms with Crippen LogP contribution >= 0.6 is 0 Å². The van der Waals surface area contributed by atoms with E-state index in [2.05, 4.69) is 0 Å². The molecule has 0 bridgehead atoms. The highest BCUT2D eigenvalue weighted by Gasteiger charge is 2.26. The zero-order valence-electron chi connectivity index (χ0n) is 8.50. The molecule has 1 aromatic rings. The molecule has 1 atom stereocenters. The van der Waals surface area contributed by atoms with E-state index in [9.17, 15) is 4.39 Å². The van der Waals surface area contributed by atoms with Crippen molar-refractivity contribution >= 4 is 0 Å². The van der Waals surface area contributed by atoms with E-state index < -0.39 is 5.41 Å². The fourth-order valence-electron chi connectivity index (χ4n) is 1.25. The Morgan fingerprint density at radius 1 is 1.50 bits per heavy atom. The topological polar surface area (TPSA) is 46.2 Å². The third kappa shape index (κ3) is 2.30. The smallest absolute Gasteiger partial charge is 0.123 e. The maximum Gasteiger partial charge on any atom is 0.123 e. The van der Waals surface area contributed by atoms with Gasteiger partial charge in [0.1, 0.15) is 5.82 Å². The van der Waals surface area contributed by atoms with Gasteiger partial charge in [0.2, 0.25) is 0 Å². The molecule has 3 N–H and O–H groups in total. The highest BCUT2D eigenvalue weighted by molar-refractivity contribution is 5.21. The molecule has 0 aliphatic rings. The number of hydrogen-bond donors (Lipinski definition) is 2. The van der Waals surface area contributed by atoms with Crippen molar-refractivity contribution in [2.24, 2.45) is 11.1 Å². The van der Waals surface area contributed by atoms with Crippen LogP contribution in [0.5, 0.6) is 0 Å². The first-order chi connectivity index (χ1) is 6.47. The van der Waals surface area contributed by atoms with Gasteiger partial charge in [-0.15, -0.1) is 0 Å². The van der Waals surface area contributed by atoms with Gasteiger partial charge in [-0.05, 0) is 17.7 Å². The Kier molecular flexibility index (Phi) is 3.24. The minimum Gasteiger partial charge on any atom is -0.396 e. The van der Waals surface area contributed by atoms with Gasteiger partial charge >= 0.3 is 0 Å². The summed E-state index contributed by atoms with van der Waals surface area (Å²) in [5.74, 6) is -0.299. The summed E-state index contributed by atoms with van der Waals surface area (Å²) in [5, 5.41) is 9.12. The van der Waals surface area contributed by atoms with Crippen molar-refractivity contribution in [3.8, 4) is 0 Å². The largest absolute Gasteiger partial charge is 0.396 e. The molecule has 0 saturated heterocycles. The monoisotopic (exact) mass is 197 g/mol. The first-order valence-corrected chi connectivity index (χ1v) is 4.59. The summed E-state index contributed by atoms with van der Waals surface area (Å²) in [7, 11) is 0. The van der Waals surface area contributed by atoms with Crippen molar-refractivity contribution in [3.63, 3.8) is 0 Å². The van der Waals surface area contributed by atoms with Crippen LogP contribution in [0.1, 0.15) is 25.5 Å². The van der Waals surface area contributed by atoms with Crippen LogP contribution in [0.25, 0.3) is 0 Å². The van der Waals surface area contributed by atoms with Gasteiger partial charge in [-0.25, -0.2) is 4.39 Å². The molecule has 0 aromatic heterocycles. The fourth-order valence-corrected chi connectivity index (χ4v) is 1.25. The van der Waals surface area contributed by atoms with Crippen molar-refractivity contribution in [1.29, 1.82) is 0 Å². The van der Waals surface area contributed by atoms with Crippen LogP contribution in [-0.2, 0) is 0 Å². The summed E-state index contributed by atoms with van der Waals surface area (Å²) >= 11 is 0. The number of benzene rings is 1. The Bertz CT molecular complexity index is 312. The van der Waals surface area contributed by atoms with E-state index in [1.807, 2.05) is 13.8 Å². The standard InChI is InChI=1S/C11H16FNO/c1-11(2,7-14)10(13)8-4-3-5-9(12)6-8/h3-6,10,14H,7,13H2,1-2H3/t10-/m0/s1. The molecule has 0 saturated carbocycles. The maximum absolute atomic E-state index is 12.9. The van der Waals surface area contributed by atoms with Crippen molar-refractivity contribution in [1.82, 2.24) is 0 Å². The number of hydrogen-bond acceptors (Lipinski definition) is 2. The molecule has 0 spiro atoms. The molecule has 2 nitrogen and oxygen atoms in total. The second-order valence-corrected chi connectivity index (χ2v) is 4.18. The molecule has 0 heterocycles. The number of aliphatic hydroxyl groups is 1. The summed E-state index contributed by atoms with van der Waals surface area (Å²) in [5.41, 5.74) is 6.20. The Morgan fingerprint density at radius 3 is 2.64 bits per heavy atom. The van der Waals surface area contributed by atoms with Crippen LogP contribution < -0.4 is 5.73 Å². The lowest BCUT2D eigenvalue weighted by atomic mass is 9.82. The van der Waals surface area contributed by atoms with Gasteiger partial charge < -0.3 is 10.8 Å². The van der Waals surface area contributed by atoms with Crippen molar-refractivity contribution in [2.45, 2.75) is 19.9 Å². The van der Waals surface area contributed by atoms with E-state index in [-0.39, 0.29) is 18.5 Å². The Morgan fingerprint density at radius 2 is 2.14 bits per heavy atom. The molecular weight excluding hydrogens is 181 g/mol. The Balaban J connectivity index is 2.94. The predicted molar refractivity (Wildman–Crippen MR) is 54.2 cm³/mol. The zero-order valence-corrected chi connectivity index (χ0v) is 8.50. The number of aliphatic hydroxyl groups excluding tert-OH is 1. The second-order valence-electron chi connectivity index (χ2n) is 4.18. The van der Waals surface area contributed by atoms with Gasteiger partial charge in [-0.1, -0.05) is 26.0 Å². The van der Waals surface area contributed by atoms with Gasteiger partial charge in [0, 0.05) is 18.1 Å². The number of rotatable bonds is 3. The maximum atomic E-state index is 12.9. The first-order valence-electron chi connectivity index (χ1n) is 4.59. The third-order valence-electron chi connectivity index (χ3n) is 2.46. The molecule has 1 aromatic carbocycles. The lowest BCUT2D eigenvalue weighted by Crippen LogP contribution is -2.32. The highest BCUT2D eigenvalue weighted by Crippen LogP contribution is 2.30. The van der Waals surface area contributed by atoms with E-state index in [4.69, 9.17) is 10.8 Å². The lowest BCUT2D eigenvalue weighted by Gasteiger charge is -2.29. The highest BCUT2D eigenvalue weighted by atomic mass is 19.1. The van der Waals surface area contributed by atoms with E-state index in [1.165, 1.54) is 12.1 Å². The average Bonchev–Trinajstić information content (AvgIpc) is 2.16. The van der Waals surface area contributed by atoms with Crippen molar-refractivity contribution in [2.75, 3.05) is 6.61 Å². The van der Waals surface area contributed by atoms with Crippen LogP contribution in [0.15, 0.2) is 24.3 Å². The number of nitrogens with two attached hydrogens (primary N) is 1. The molecule has 78 valence electrons. The van der Waals surface area contributed by atoms with E-state index in [0.29, 0.717) is 5.56 Å². The van der Waals surface area contributed by atoms with Crippen LogP contribution in [0.3, 0.4) is 0 Å². The summed E-state index contributed by atoms with van der Waals surface area (Å²) in [6.45, 7) is 3.68. The normalized spacial score (nSPS) is 14.1. The molecule has 3 heteroatoms. The minimum absolute atomic E-state index is 0.0231. The first kappa shape index (κ1) is 11.1. The molecule has 0 aliphatic carbocycles. The lowest BCUT2D eigenvalue weighted by molar-refractivity contribution is 0.132. The van der Waals surface area contributed by atoms with E-state index in [0.717, 1.165) is 0 Å². The van der Waals surface area contributed by atoms with Crippen LogP contribution in [0, 0.1) is 11.2 Å². The van der Waals surface area contributed by atoms with Gasteiger partial charge in [-0.2, -0.15) is 0 Å². The Hall–Kier alpha value is -0.930. The summed E-state index contributed by atoms with van der Waals surface area (Å²) < 4.78 is 12.9. The predicted octanol–water partition coefficient (Wildman–Crippen LogP) is 1.84. The molecule has 0 fully saturated rings. The SMILES string of the molecule is CC(C)(CO)[C@@H](N)c1cccc(F)c1. The van der Waals surface area contributed by atoms with Gasteiger partial charge in [0.05, 0.1) is 0 Å². The molecule has 0 unspecified atom stereocenters. The van der Waals surface area contributed by atoms with Crippen LogP contribution in [-0.4, -0.2) is 11.7 Å². The van der Waals surface area contributed by atoms with Gasteiger partial charge in [0.15, 0.2) is 0 Å². The van der Waals surface area contributed by atoms with Crippen LogP contribution in [0.4, 0.5) is 4.39 Å². The van der Waals surface area contributed by atoms with Crippen LogP contribution in [0.2, 0.25) is 0 Å². The minimum atomic E-state index is -0.437. The second kappa shape index (κ2) is 4.07. The van der Waals surface area contributed by atoms with E-state index in [1.54, 1.807) is 12.1 Å². The molecule has 1 rings (SSSR count).